The molecule has 2 saturated heterocycles. The van der Waals surface area contributed by atoms with Gasteiger partial charge in [-0.15, -0.1) is 0 Å². The molecule has 3 fully saturated rings. The van der Waals surface area contributed by atoms with Crippen LogP contribution in [0.1, 0.15) is 12.8 Å². The van der Waals surface area contributed by atoms with Crippen molar-refractivity contribution in [1.82, 2.24) is 0 Å². The fraction of sp³-hybridized carbons (Fsp3) is 0.875. The van der Waals surface area contributed by atoms with Crippen molar-refractivity contribution in [2.75, 3.05) is 13.2 Å². The van der Waals surface area contributed by atoms with Gasteiger partial charge in [0.25, 0.3) is 0 Å². The van der Waals surface area contributed by atoms with Crippen molar-refractivity contribution in [1.29, 1.82) is 0 Å². The Balaban J connectivity index is 1.81. The molecule has 0 aromatic carbocycles. The molecule has 2 atom stereocenters. The first-order chi connectivity index (χ1) is 5.79. The van der Waals surface area contributed by atoms with E-state index in [1.165, 1.54) is 0 Å². The minimum Gasteiger partial charge on any atom is -0.461 e. The number of rotatable bonds is 0. The highest BCUT2D eigenvalue weighted by Gasteiger charge is 2.59. The molecule has 4 nitrogen and oxygen atoms in total. The standard InChI is InChI=1S/C8H10O4/c9-7-5-3-8(4-6(5)12-7)10-1-2-11-8/h5-6H,1-4H2/t5?,6-/m0/s1. The molecule has 3 aliphatic rings. The maximum absolute atomic E-state index is 10.9. The second-order valence-corrected chi connectivity index (χ2v) is 3.60. The lowest BCUT2D eigenvalue weighted by atomic mass is 10.0. The number of ether oxygens (including phenoxy) is 3. The Kier molecular flexibility index (Phi) is 1.14. The first-order valence-electron chi connectivity index (χ1n) is 4.28. The number of carbonyl (C=O) groups excluding carboxylic acids is 1. The molecule has 66 valence electrons. The molecule has 0 aromatic rings. The van der Waals surface area contributed by atoms with Crippen molar-refractivity contribution in [2.45, 2.75) is 24.7 Å². The van der Waals surface area contributed by atoms with Crippen molar-refractivity contribution < 1.29 is 19.0 Å². The van der Waals surface area contributed by atoms with Crippen molar-refractivity contribution in [3.63, 3.8) is 0 Å². The lowest BCUT2D eigenvalue weighted by Gasteiger charge is -2.27. The van der Waals surface area contributed by atoms with Crippen LogP contribution in [0.25, 0.3) is 0 Å². The third kappa shape index (κ3) is 0.716. The van der Waals surface area contributed by atoms with Crippen molar-refractivity contribution in [3.8, 4) is 0 Å². The Bertz CT molecular complexity index is 231. The van der Waals surface area contributed by atoms with Crippen LogP contribution in [0.3, 0.4) is 0 Å². The van der Waals surface area contributed by atoms with Gasteiger partial charge in [0, 0.05) is 12.8 Å². The summed E-state index contributed by atoms with van der Waals surface area (Å²) in [5.74, 6) is -0.513. The summed E-state index contributed by atoms with van der Waals surface area (Å²) in [6.45, 7) is 1.29. The van der Waals surface area contributed by atoms with E-state index < -0.39 is 5.79 Å². The van der Waals surface area contributed by atoms with E-state index in [4.69, 9.17) is 14.2 Å². The summed E-state index contributed by atoms with van der Waals surface area (Å²) >= 11 is 0. The quantitative estimate of drug-likeness (QED) is 0.482. The average molecular weight is 170 g/mol. The molecule has 4 heteroatoms. The molecule has 0 bridgehead atoms. The fourth-order valence-electron chi connectivity index (χ4n) is 2.25. The van der Waals surface area contributed by atoms with Crippen LogP contribution in [0.4, 0.5) is 0 Å². The van der Waals surface area contributed by atoms with Gasteiger partial charge in [0.2, 0.25) is 0 Å². The van der Waals surface area contributed by atoms with E-state index in [-0.39, 0.29) is 18.0 Å². The van der Waals surface area contributed by atoms with Gasteiger partial charge in [-0.25, -0.2) is 0 Å². The first-order valence-corrected chi connectivity index (χ1v) is 4.28. The summed E-state index contributed by atoms with van der Waals surface area (Å²) in [5, 5.41) is 0. The molecule has 12 heavy (non-hydrogen) atoms. The van der Waals surface area contributed by atoms with E-state index >= 15 is 0 Å². The van der Waals surface area contributed by atoms with Gasteiger partial charge in [-0.1, -0.05) is 0 Å². The molecule has 0 radical (unpaired) electrons. The molecule has 1 spiro atoms. The van der Waals surface area contributed by atoms with Gasteiger partial charge in [-0.3, -0.25) is 4.79 Å². The van der Waals surface area contributed by atoms with E-state index in [2.05, 4.69) is 0 Å². The van der Waals surface area contributed by atoms with Crippen LogP contribution >= 0.6 is 0 Å². The molecular weight excluding hydrogens is 160 g/mol. The topological polar surface area (TPSA) is 44.8 Å². The van der Waals surface area contributed by atoms with Crippen molar-refractivity contribution in [3.05, 3.63) is 0 Å². The van der Waals surface area contributed by atoms with E-state index in [0.717, 1.165) is 6.42 Å². The van der Waals surface area contributed by atoms with Crippen LogP contribution in [0, 0.1) is 5.92 Å². The van der Waals surface area contributed by atoms with Gasteiger partial charge in [0.05, 0.1) is 19.1 Å². The smallest absolute Gasteiger partial charge is 0.313 e. The molecule has 1 unspecified atom stereocenters. The van der Waals surface area contributed by atoms with Crippen LogP contribution in [0.2, 0.25) is 0 Å². The minimum absolute atomic E-state index is 0.0445. The van der Waals surface area contributed by atoms with Gasteiger partial charge in [-0.05, 0) is 0 Å². The zero-order valence-electron chi connectivity index (χ0n) is 6.62. The summed E-state index contributed by atoms with van der Waals surface area (Å²) in [4.78, 5) is 10.9. The van der Waals surface area contributed by atoms with Gasteiger partial charge < -0.3 is 14.2 Å². The Hall–Kier alpha value is -0.610. The van der Waals surface area contributed by atoms with Gasteiger partial charge in [0.1, 0.15) is 6.10 Å². The third-order valence-electron chi connectivity index (χ3n) is 2.88. The number of hydrogen-bond donors (Lipinski definition) is 0. The average Bonchev–Trinajstić information content (AvgIpc) is 2.60. The molecule has 1 aliphatic carbocycles. The van der Waals surface area contributed by atoms with E-state index in [1.54, 1.807) is 0 Å². The number of esters is 1. The van der Waals surface area contributed by atoms with Gasteiger partial charge >= 0.3 is 5.97 Å². The largest absolute Gasteiger partial charge is 0.461 e. The highest BCUT2D eigenvalue weighted by molar-refractivity contribution is 5.79. The second kappa shape index (κ2) is 2.00. The molecule has 0 N–H and O–H groups in total. The lowest BCUT2D eigenvalue weighted by Crippen LogP contribution is -2.40. The first kappa shape index (κ1) is 6.86. The SMILES string of the molecule is O=C1O[C@H]2CC3(CC12)OCCO3. The zero-order valence-corrected chi connectivity index (χ0v) is 6.62. The summed E-state index contributed by atoms with van der Waals surface area (Å²) in [6, 6.07) is 0. The minimum atomic E-state index is -0.471. The number of hydrogen-bond acceptors (Lipinski definition) is 4. The second-order valence-electron chi connectivity index (χ2n) is 3.60. The van der Waals surface area contributed by atoms with Gasteiger partial charge in [-0.2, -0.15) is 0 Å². The Morgan fingerprint density at radius 1 is 1.25 bits per heavy atom. The Labute approximate surface area is 69.8 Å². The molecule has 2 heterocycles. The predicted molar refractivity (Wildman–Crippen MR) is 37.2 cm³/mol. The summed E-state index contributed by atoms with van der Waals surface area (Å²) < 4.78 is 15.9. The third-order valence-corrected chi connectivity index (χ3v) is 2.88. The summed E-state index contributed by atoms with van der Waals surface area (Å²) in [6.07, 6.45) is 1.48. The number of carbonyl (C=O) groups is 1. The Morgan fingerprint density at radius 2 is 2.00 bits per heavy atom. The van der Waals surface area contributed by atoms with Crippen LogP contribution in [0.15, 0.2) is 0 Å². The zero-order chi connectivity index (χ0) is 8.18. The normalized spacial score (nSPS) is 42.5. The molecule has 0 aromatic heterocycles. The van der Waals surface area contributed by atoms with Crippen LogP contribution in [-0.2, 0) is 19.0 Å². The van der Waals surface area contributed by atoms with Crippen LogP contribution in [0.5, 0.6) is 0 Å². The molecule has 2 aliphatic heterocycles. The molecule has 3 rings (SSSR count). The van der Waals surface area contributed by atoms with E-state index in [9.17, 15) is 4.79 Å². The van der Waals surface area contributed by atoms with Crippen LogP contribution in [-0.4, -0.2) is 31.1 Å². The molecular formula is C8H10O4. The Morgan fingerprint density at radius 3 is 2.58 bits per heavy atom. The molecule has 0 amide bonds. The number of fused-ring (bicyclic) bond motifs is 1. The maximum Gasteiger partial charge on any atom is 0.313 e. The van der Waals surface area contributed by atoms with Crippen molar-refractivity contribution >= 4 is 5.97 Å². The van der Waals surface area contributed by atoms with Crippen molar-refractivity contribution in [2.24, 2.45) is 5.92 Å². The summed E-state index contributed by atoms with van der Waals surface area (Å²) in [7, 11) is 0. The maximum atomic E-state index is 10.9. The van der Waals surface area contributed by atoms with Crippen LogP contribution < -0.4 is 0 Å². The lowest BCUT2D eigenvalue weighted by molar-refractivity contribution is -0.180. The van der Waals surface area contributed by atoms with Gasteiger partial charge in [0.15, 0.2) is 5.79 Å². The predicted octanol–water partition coefficient (Wildman–Crippen LogP) is 0.0649. The summed E-state index contributed by atoms with van der Waals surface area (Å²) in [5.41, 5.74) is 0. The van der Waals surface area contributed by atoms with E-state index in [0.29, 0.717) is 19.6 Å². The fourth-order valence-corrected chi connectivity index (χ4v) is 2.25. The highest BCUT2D eigenvalue weighted by Crippen LogP contribution is 2.47. The monoisotopic (exact) mass is 170 g/mol. The molecule has 1 saturated carbocycles. The van der Waals surface area contributed by atoms with E-state index in [1.807, 2.05) is 0 Å². The highest BCUT2D eigenvalue weighted by atomic mass is 16.7.